The number of aromatic nitrogens is 1. The molecule has 3 aliphatic rings. The predicted octanol–water partition coefficient (Wildman–Crippen LogP) is 2.03. The summed E-state index contributed by atoms with van der Waals surface area (Å²) in [6.07, 6.45) is 7.52. The van der Waals surface area contributed by atoms with Crippen LogP contribution in [0.3, 0.4) is 0 Å². The summed E-state index contributed by atoms with van der Waals surface area (Å²) < 4.78 is 0. The molecule has 0 radical (unpaired) electrons. The van der Waals surface area contributed by atoms with Gasteiger partial charge in [0.25, 0.3) is 0 Å². The molecular weight excluding hydrogens is 336 g/mol. The largest absolute Gasteiger partial charge is 0.354 e. The zero-order valence-electron chi connectivity index (χ0n) is 16.9. The van der Waals surface area contributed by atoms with E-state index >= 15 is 0 Å². The Balaban J connectivity index is 1.39. The molecule has 1 saturated carbocycles. The van der Waals surface area contributed by atoms with Crippen LogP contribution in [-0.2, 0) is 6.54 Å². The van der Waals surface area contributed by atoms with Crippen molar-refractivity contribution in [3.05, 3.63) is 23.9 Å². The molecule has 4 rings (SSSR count). The second-order valence-electron chi connectivity index (χ2n) is 8.39. The Morgan fingerprint density at radius 3 is 2.52 bits per heavy atom. The summed E-state index contributed by atoms with van der Waals surface area (Å²) in [5, 5.41) is 3.62. The van der Waals surface area contributed by atoms with Crippen LogP contribution in [0, 0.1) is 11.8 Å². The normalized spacial score (nSPS) is 27.0. The van der Waals surface area contributed by atoms with Crippen LogP contribution in [0.25, 0.3) is 0 Å². The van der Waals surface area contributed by atoms with Gasteiger partial charge < -0.3 is 20.0 Å². The van der Waals surface area contributed by atoms with Gasteiger partial charge in [-0.3, -0.25) is 4.99 Å². The third-order valence-corrected chi connectivity index (χ3v) is 6.59. The van der Waals surface area contributed by atoms with E-state index < -0.39 is 0 Å². The van der Waals surface area contributed by atoms with Gasteiger partial charge in [0, 0.05) is 64.6 Å². The number of rotatable bonds is 3. The molecule has 148 valence electrons. The molecule has 0 aromatic carbocycles. The number of likely N-dealkylation sites (N-methyl/N-ethyl adjacent to an activating group) is 1. The molecule has 2 unspecified atom stereocenters. The molecule has 6 heteroatoms. The van der Waals surface area contributed by atoms with E-state index in [-0.39, 0.29) is 0 Å². The van der Waals surface area contributed by atoms with E-state index in [0.717, 1.165) is 56.3 Å². The van der Waals surface area contributed by atoms with Gasteiger partial charge in [-0.25, -0.2) is 4.98 Å². The second kappa shape index (κ2) is 8.46. The Hall–Kier alpha value is -1.82. The minimum Gasteiger partial charge on any atom is -0.354 e. The van der Waals surface area contributed by atoms with Crippen LogP contribution in [0.5, 0.6) is 0 Å². The number of hydrogen-bond acceptors (Lipinski definition) is 4. The molecule has 1 aliphatic carbocycles. The molecule has 0 spiro atoms. The van der Waals surface area contributed by atoms with E-state index in [4.69, 9.17) is 4.98 Å². The summed E-state index contributed by atoms with van der Waals surface area (Å²) in [7, 11) is 4.10. The molecule has 2 atom stereocenters. The van der Waals surface area contributed by atoms with Gasteiger partial charge in [-0.15, -0.1) is 0 Å². The average molecular weight is 371 g/mol. The molecule has 1 aromatic heterocycles. The molecule has 1 aromatic rings. The zero-order chi connectivity index (χ0) is 18.6. The van der Waals surface area contributed by atoms with E-state index in [1.807, 2.05) is 19.3 Å². The van der Waals surface area contributed by atoms with Gasteiger partial charge in [0.1, 0.15) is 5.82 Å². The van der Waals surface area contributed by atoms with Crippen LogP contribution in [0.2, 0.25) is 0 Å². The van der Waals surface area contributed by atoms with Crippen molar-refractivity contribution in [2.45, 2.75) is 32.2 Å². The first-order valence-electron chi connectivity index (χ1n) is 10.6. The molecule has 1 N–H and O–H groups in total. The maximum Gasteiger partial charge on any atom is 0.193 e. The lowest BCUT2D eigenvalue weighted by atomic mass is 9.82. The number of hydrogen-bond donors (Lipinski definition) is 1. The fourth-order valence-corrected chi connectivity index (χ4v) is 4.96. The van der Waals surface area contributed by atoms with Crippen LogP contribution in [0.4, 0.5) is 5.82 Å². The Morgan fingerprint density at radius 1 is 1.15 bits per heavy atom. The van der Waals surface area contributed by atoms with Crippen LogP contribution >= 0.6 is 0 Å². The Morgan fingerprint density at radius 2 is 1.85 bits per heavy atom. The standard InChI is InChI=1S/C21H34N6/c1-22-21(27-15-18-6-3-4-7-19(18)16-27)24-14-17-8-5-9-23-20(17)26-12-10-25(2)11-13-26/h5,8-9,18-19H,3-4,6-7,10-16H2,1-2H3,(H,22,24). The van der Waals surface area contributed by atoms with Gasteiger partial charge in [0.2, 0.25) is 0 Å². The minimum atomic E-state index is 0.786. The molecule has 27 heavy (non-hydrogen) atoms. The first kappa shape index (κ1) is 18.5. The molecule has 3 heterocycles. The summed E-state index contributed by atoms with van der Waals surface area (Å²) in [5.41, 5.74) is 1.26. The Bertz CT molecular complexity index is 638. The topological polar surface area (TPSA) is 47.0 Å². The molecule has 3 fully saturated rings. The highest BCUT2D eigenvalue weighted by Crippen LogP contribution is 2.36. The first-order chi connectivity index (χ1) is 13.2. The molecule has 0 bridgehead atoms. The van der Waals surface area contributed by atoms with E-state index in [1.165, 1.54) is 44.3 Å². The highest BCUT2D eigenvalue weighted by molar-refractivity contribution is 5.80. The lowest BCUT2D eigenvalue weighted by molar-refractivity contribution is 0.299. The summed E-state index contributed by atoms with van der Waals surface area (Å²) in [6, 6.07) is 4.24. The monoisotopic (exact) mass is 370 g/mol. The minimum absolute atomic E-state index is 0.786. The maximum absolute atomic E-state index is 4.70. The number of guanidine groups is 1. The number of anilines is 1. The van der Waals surface area contributed by atoms with Crippen LogP contribution in [0.15, 0.2) is 23.3 Å². The Labute approximate surface area is 163 Å². The molecule has 0 amide bonds. The van der Waals surface area contributed by atoms with Gasteiger partial charge in [-0.2, -0.15) is 0 Å². The van der Waals surface area contributed by atoms with Crippen molar-refractivity contribution in [2.75, 3.05) is 58.3 Å². The number of nitrogens with one attached hydrogen (secondary N) is 1. The van der Waals surface area contributed by atoms with Gasteiger partial charge >= 0.3 is 0 Å². The summed E-state index contributed by atoms with van der Waals surface area (Å²) in [5.74, 6) is 3.93. The van der Waals surface area contributed by atoms with Crippen molar-refractivity contribution in [1.82, 2.24) is 20.1 Å². The lowest BCUT2D eigenvalue weighted by Gasteiger charge is -2.34. The SMILES string of the molecule is CN=C(NCc1cccnc1N1CCN(C)CC1)N1CC2CCCCC2C1. The van der Waals surface area contributed by atoms with Crippen molar-refractivity contribution in [2.24, 2.45) is 16.8 Å². The number of likely N-dealkylation sites (tertiary alicyclic amines) is 1. The summed E-state index contributed by atoms with van der Waals surface area (Å²) in [6.45, 7) is 7.41. The number of pyridine rings is 1. The maximum atomic E-state index is 4.70. The van der Waals surface area contributed by atoms with Crippen molar-refractivity contribution < 1.29 is 0 Å². The predicted molar refractivity (Wildman–Crippen MR) is 111 cm³/mol. The molecule has 6 nitrogen and oxygen atoms in total. The molecular formula is C21H34N6. The van der Waals surface area contributed by atoms with Gasteiger partial charge in [0.15, 0.2) is 5.96 Å². The van der Waals surface area contributed by atoms with Gasteiger partial charge in [-0.05, 0) is 37.8 Å². The number of aliphatic imine (C=N–C) groups is 1. The molecule has 2 aliphatic heterocycles. The average Bonchev–Trinajstić information content (AvgIpc) is 3.13. The number of nitrogens with zero attached hydrogens (tertiary/aromatic N) is 5. The van der Waals surface area contributed by atoms with Gasteiger partial charge in [0.05, 0.1) is 0 Å². The van der Waals surface area contributed by atoms with E-state index in [2.05, 4.69) is 38.1 Å². The summed E-state index contributed by atoms with van der Waals surface area (Å²) >= 11 is 0. The second-order valence-corrected chi connectivity index (χ2v) is 8.39. The smallest absolute Gasteiger partial charge is 0.193 e. The third-order valence-electron chi connectivity index (χ3n) is 6.59. The van der Waals surface area contributed by atoms with Crippen molar-refractivity contribution in [3.63, 3.8) is 0 Å². The van der Waals surface area contributed by atoms with E-state index in [9.17, 15) is 0 Å². The van der Waals surface area contributed by atoms with Crippen molar-refractivity contribution in [3.8, 4) is 0 Å². The quantitative estimate of drug-likeness (QED) is 0.652. The van der Waals surface area contributed by atoms with Crippen molar-refractivity contribution in [1.29, 1.82) is 0 Å². The third kappa shape index (κ3) is 4.21. The van der Waals surface area contributed by atoms with Crippen LogP contribution in [-0.4, -0.2) is 74.1 Å². The highest BCUT2D eigenvalue weighted by atomic mass is 15.3. The number of piperazine rings is 1. The fourth-order valence-electron chi connectivity index (χ4n) is 4.96. The van der Waals surface area contributed by atoms with E-state index in [0.29, 0.717) is 0 Å². The van der Waals surface area contributed by atoms with Crippen LogP contribution in [0.1, 0.15) is 31.2 Å². The highest BCUT2D eigenvalue weighted by Gasteiger charge is 2.35. The first-order valence-corrected chi connectivity index (χ1v) is 10.6. The van der Waals surface area contributed by atoms with E-state index in [1.54, 1.807) is 0 Å². The Kier molecular flexibility index (Phi) is 5.81. The van der Waals surface area contributed by atoms with Gasteiger partial charge in [-0.1, -0.05) is 18.9 Å². The number of fused-ring (bicyclic) bond motifs is 1. The lowest BCUT2D eigenvalue weighted by Crippen LogP contribution is -2.45. The van der Waals surface area contributed by atoms with Crippen LogP contribution < -0.4 is 10.2 Å². The molecule has 2 saturated heterocycles. The fraction of sp³-hybridized carbons (Fsp3) is 0.714. The zero-order valence-corrected chi connectivity index (χ0v) is 16.9. The van der Waals surface area contributed by atoms with Crippen molar-refractivity contribution >= 4 is 11.8 Å². The summed E-state index contributed by atoms with van der Waals surface area (Å²) in [4.78, 5) is 16.6.